The molecule has 0 amide bonds. The third-order valence-corrected chi connectivity index (χ3v) is 5.41. The number of aliphatic hydroxyl groups excluding tert-OH is 1. The fraction of sp³-hybridized carbons (Fsp3) is 0.0357. The van der Waals surface area contributed by atoms with Crippen LogP contribution in [0.3, 0.4) is 0 Å². The molecule has 0 aliphatic rings. The average molecular weight is 460 g/mol. The number of benzene rings is 3. The lowest BCUT2D eigenvalue weighted by Crippen LogP contribution is -2.09. The van der Waals surface area contributed by atoms with Gasteiger partial charge < -0.3 is 20.5 Å². The molecule has 0 radical (unpaired) electrons. The van der Waals surface area contributed by atoms with Crippen LogP contribution in [0.4, 0.5) is 17.1 Å². The summed E-state index contributed by atoms with van der Waals surface area (Å²) in [4.78, 5) is 8.33. The summed E-state index contributed by atoms with van der Waals surface area (Å²) in [5.41, 5.74) is 4.66. The second-order valence-electron chi connectivity index (χ2n) is 7.81. The van der Waals surface area contributed by atoms with Gasteiger partial charge in [0, 0.05) is 46.6 Å². The number of rotatable bonds is 7. The Morgan fingerprint density at radius 2 is 1.51 bits per heavy atom. The molecule has 1 atom stereocenters. The fourth-order valence-electron chi connectivity index (χ4n) is 3.62. The standard InChI is InChI=1S/C28H21N5O2/c29-18-19-1-10-26-25(17-19)27(13-16-31-26)35-24-8-2-20(3-9-24)28(34)33-22-6-4-21(5-7-22)32-23-11-14-30-15-12-23/h1-17,28,33-34H,(H,30,32). The van der Waals surface area contributed by atoms with Crippen LogP contribution in [0.25, 0.3) is 10.9 Å². The van der Waals surface area contributed by atoms with Crippen LogP contribution in [-0.4, -0.2) is 15.1 Å². The molecule has 3 N–H and O–H groups in total. The molecular weight excluding hydrogens is 438 g/mol. The van der Waals surface area contributed by atoms with E-state index >= 15 is 0 Å². The molecule has 0 bridgehead atoms. The molecule has 7 nitrogen and oxygen atoms in total. The molecule has 170 valence electrons. The lowest BCUT2D eigenvalue weighted by atomic mass is 10.1. The number of aromatic nitrogens is 2. The topological polar surface area (TPSA) is 103 Å². The monoisotopic (exact) mass is 459 g/mol. The smallest absolute Gasteiger partial charge is 0.150 e. The lowest BCUT2D eigenvalue weighted by molar-refractivity contribution is 0.208. The molecule has 3 aromatic carbocycles. The molecule has 0 fully saturated rings. The minimum Gasteiger partial charge on any atom is -0.457 e. The number of pyridine rings is 2. The summed E-state index contributed by atoms with van der Waals surface area (Å²) >= 11 is 0. The number of hydrogen-bond donors (Lipinski definition) is 3. The summed E-state index contributed by atoms with van der Waals surface area (Å²) in [6, 6.07) is 27.8. The molecule has 35 heavy (non-hydrogen) atoms. The average Bonchev–Trinajstić information content (AvgIpc) is 2.91. The van der Waals surface area contributed by atoms with E-state index in [1.165, 1.54) is 0 Å². The first-order valence-corrected chi connectivity index (χ1v) is 11.0. The van der Waals surface area contributed by atoms with E-state index in [-0.39, 0.29) is 0 Å². The Balaban J connectivity index is 1.24. The van der Waals surface area contributed by atoms with E-state index in [0.29, 0.717) is 22.6 Å². The van der Waals surface area contributed by atoms with Crippen LogP contribution in [0.2, 0.25) is 0 Å². The first kappa shape index (κ1) is 21.9. The minimum atomic E-state index is -0.886. The van der Waals surface area contributed by atoms with Crippen molar-refractivity contribution in [1.82, 2.24) is 9.97 Å². The maximum Gasteiger partial charge on any atom is 0.150 e. The fourth-order valence-corrected chi connectivity index (χ4v) is 3.62. The number of aliphatic hydroxyl groups is 1. The van der Waals surface area contributed by atoms with Gasteiger partial charge >= 0.3 is 0 Å². The number of fused-ring (bicyclic) bond motifs is 1. The predicted octanol–water partition coefficient (Wildman–Crippen LogP) is 6.14. The molecule has 0 aliphatic heterocycles. The molecule has 1 unspecified atom stereocenters. The van der Waals surface area contributed by atoms with Gasteiger partial charge in [0.1, 0.15) is 11.5 Å². The van der Waals surface area contributed by atoms with E-state index in [4.69, 9.17) is 4.74 Å². The highest BCUT2D eigenvalue weighted by atomic mass is 16.5. The molecule has 0 spiro atoms. The summed E-state index contributed by atoms with van der Waals surface area (Å²) in [6.45, 7) is 0. The number of nitrogens with one attached hydrogen (secondary N) is 2. The summed E-state index contributed by atoms with van der Waals surface area (Å²) in [5, 5.41) is 27.0. The minimum absolute atomic E-state index is 0.543. The Kier molecular flexibility index (Phi) is 6.20. The van der Waals surface area contributed by atoms with Crippen LogP contribution >= 0.6 is 0 Å². The van der Waals surface area contributed by atoms with Crippen LogP contribution in [0, 0.1) is 11.3 Å². The number of hydrogen-bond acceptors (Lipinski definition) is 7. The van der Waals surface area contributed by atoms with Gasteiger partial charge in [-0.1, -0.05) is 12.1 Å². The zero-order chi connectivity index (χ0) is 24.0. The van der Waals surface area contributed by atoms with Gasteiger partial charge in [0.25, 0.3) is 0 Å². The van der Waals surface area contributed by atoms with Gasteiger partial charge in [0.2, 0.25) is 0 Å². The van der Waals surface area contributed by atoms with Crippen molar-refractivity contribution in [1.29, 1.82) is 5.26 Å². The maximum atomic E-state index is 10.6. The Labute approximate surface area is 202 Å². The van der Waals surface area contributed by atoms with Gasteiger partial charge in [-0.3, -0.25) is 9.97 Å². The Hall–Kier alpha value is -4.93. The molecule has 0 saturated carbocycles. The van der Waals surface area contributed by atoms with E-state index in [0.717, 1.165) is 28.0 Å². The highest BCUT2D eigenvalue weighted by Crippen LogP contribution is 2.30. The molecule has 2 aromatic heterocycles. The van der Waals surface area contributed by atoms with Gasteiger partial charge in [0.15, 0.2) is 6.23 Å². The van der Waals surface area contributed by atoms with Crippen molar-refractivity contribution in [3.8, 4) is 17.6 Å². The highest BCUT2D eigenvalue weighted by molar-refractivity contribution is 5.86. The molecular formula is C28H21N5O2. The van der Waals surface area contributed by atoms with Crippen molar-refractivity contribution in [2.24, 2.45) is 0 Å². The van der Waals surface area contributed by atoms with Crippen LogP contribution in [0.1, 0.15) is 17.4 Å². The molecule has 2 heterocycles. The molecule has 7 heteroatoms. The second-order valence-corrected chi connectivity index (χ2v) is 7.81. The normalized spacial score (nSPS) is 11.4. The summed E-state index contributed by atoms with van der Waals surface area (Å²) in [7, 11) is 0. The van der Waals surface area contributed by atoms with E-state index in [2.05, 4.69) is 26.7 Å². The van der Waals surface area contributed by atoms with Gasteiger partial charge in [-0.05, 0) is 72.8 Å². The van der Waals surface area contributed by atoms with Gasteiger partial charge in [-0.2, -0.15) is 5.26 Å². The zero-order valence-electron chi connectivity index (χ0n) is 18.6. The Morgan fingerprint density at radius 3 is 2.26 bits per heavy atom. The summed E-state index contributed by atoms with van der Waals surface area (Å²) < 4.78 is 6.04. The van der Waals surface area contributed by atoms with Crippen LogP contribution in [0.15, 0.2) is 104 Å². The first-order valence-electron chi connectivity index (χ1n) is 11.0. The Bertz CT molecular complexity index is 1480. The van der Waals surface area contributed by atoms with Crippen LogP contribution in [-0.2, 0) is 0 Å². The third kappa shape index (κ3) is 5.19. The lowest BCUT2D eigenvalue weighted by Gasteiger charge is -2.16. The van der Waals surface area contributed by atoms with Crippen molar-refractivity contribution in [2.75, 3.05) is 10.6 Å². The number of anilines is 3. The SMILES string of the molecule is N#Cc1ccc2nccc(Oc3ccc(C(O)Nc4ccc(Nc5ccncc5)cc4)cc3)c2c1. The van der Waals surface area contributed by atoms with Crippen LogP contribution in [0.5, 0.6) is 11.5 Å². The van der Waals surface area contributed by atoms with E-state index in [1.807, 2.05) is 36.4 Å². The predicted molar refractivity (Wildman–Crippen MR) is 136 cm³/mol. The second kappa shape index (κ2) is 9.91. The number of nitrogens with zero attached hydrogens (tertiary/aromatic N) is 3. The van der Waals surface area contributed by atoms with E-state index in [9.17, 15) is 10.4 Å². The van der Waals surface area contributed by atoms with Gasteiger partial charge in [-0.25, -0.2) is 0 Å². The summed E-state index contributed by atoms with van der Waals surface area (Å²) in [5.74, 6) is 1.22. The molecule has 0 aliphatic carbocycles. The van der Waals surface area contributed by atoms with Gasteiger partial charge in [0.05, 0.1) is 17.1 Å². The molecule has 5 aromatic rings. The Morgan fingerprint density at radius 1 is 0.800 bits per heavy atom. The quantitative estimate of drug-likeness (QED) is 0.251. The van der Waals surface area contributed by atoms with Crippen molar-refractivity contribution in [2.45, 2.75) is 6.23 Å². The first-order chi connectivity index (χ1) is 17.2. The number of nitriles is 1. The van der Waals surface area contributed by atoms with Crippen LogP contribution < -0.4 is 15.4 Å². The maximum absolute atomic E-state index is 10.6. The largest absolute Gasteiger partial charge is 0.457 e. The highest BCUT2D eigenvalue weighted by Gasteiger charge is 2.10. The third-order valence-electron chi connectivity index (χ3n) is 5.41. The number of ether oxygens (including phenoxy) is 1. The van der Waals surface area contributed by atoms with Gasteiger partial charge in [-0.15, -0.1) is 0 Å². The zero-order valence-corrected chi connectivity index (χ0v) is 18.6. The van der Waals surface area contributed by atoms with Crippen molar-refractivity contribution < 1.29 is 9.84 Å². The summed E-state index contributed by atoms with van der Waals surface area (Å²) in [6.07, 6.45) is 4.25. The van der Waals surface area contributed by atoms with Crippen molar-refractivity contribution in [3.05, 3.63) is 115 Å². The molecule has 5 rings (SSSR count). The van der Waals surface area contributed by atoms with E-state index in [1.54, 1.807) is 67.1 Å². The van der Waals surface area contributed by atoms with E-state index < -0.39 is 6.23 Å². The van der Waals surface area contributed by atoms with Crippen molar-refractivity contribution in [3.63, 3.8) is 0 Å². The molecule has 0 saturated heterocycles. The van der Waals surface area contributed by atoms with Crippen molar-refractivity contribution >= 4 is 28.0 Å².